The Morgan fingerprint density at radius 1 is 1.22 bits per heavy atom. The van der Waals surface area contributed by atoms with Gasteiger partial charge in [0.05, 0.1) is 19.1 Å². The zero-order chi connectivity index (χ0) is 12.6. The van der Waals surface area contributed by atoms with Gasteiger partial charge in [-0.3, -0.25) is 4.21 Å². The average molecular weight is 273 g/mol. The molecule has 1 aliphatic heterocycles. The lowest BCUT2D eigenvalue weighted by atomic mass is 10.0. The van der Waals surface area contributed by atoms with E-state index in [0.717, 1.165) is 43.6 Å². The summed E-state index contributed by atoms with van der Waals surface area (Å²) < 4.78 is 23.4. The van der Waals surface area contributed by atoms with Crippen molar-refractivity contribution in [3.63, 3.8) is 0 Å². The van der Waals surface area contributed by atoms with Gasteiger partial charge in [0, 0.05) is 29.4 Å². The molecule has 0 amide bonds. The number of fused-ring (bicyclic) bond motifs is 1. The van der Waals surface area contributed by atoms with Gasteiger partial charge in [0.1, 0.15) is 0 Å². The van der Waals surface area contributed by atoms with Crippen molar-refractivity contribution in [2.24, 2.45) is 17.8 Å². The van der Waals surface area contributed by atoms with E-state index < -0.39 is 10.8 Å². The van der Waals surface area contributed by atoms with Crippen molar-refractivity contribution in [1.29, 1.82) is 0 Å². The van der Waals surface area contributed by atoms with E-state index >= 15 is 0 Å². The molecule has 0 aromatic carbocycles. The van der Waals surface area contributed by atoms with Gasteiger partial charge in [-0.1, -0.05) is 0 Å². The number of hydrogen-bond donors (Lipinski definition) is 1. The first-order valence-corrected chi connectivity index (χ1v) is 8.47. The lowest BCUT2D eigenvalue weighted by Gasteiger charge is -2.23. The molecule has 0 radical (unpaired) electrons. The van der Waals surface area contributed by atoms with Crippen LogP contribution in [0.15, 0.2) is 0 Å². The molecule has 2 aliphatic carbocycles. The molecular formula is C13H23NO3S. The summed E-state index contributed by atoms with van der Waals surface area (Å²) >= 11 is 0. The molecule has 18 heavy (non-hydrogen) atoms. The second-order valence-corrected chi connectivity index (χ2v) is 7.48. The van der Waals surface area contributed by atoms with E-state index in [4.69, 9.17) is 9.47 Å². The van der Waals surface area contributed by atoms with Crippen LogP contribution in [0.5, 0.6) is 0 Å². The summed E-state index contributed by atoms with van der Waals surface area (Å²) in [5.74, 6) is 3.38. The Morgan fingerprint density at radius 3 is 2.39 bits per heavy atom. The topological polar surface area (TPSA) is 47.6 Å². The van der Waals surface area contributed by atoms with Gasteiger partial charge in [-0.25, -0.2) is 0 Å². The van der Waals surface area contributed by atoms with Gasteiger partial charge in [-0.05, 0) is 37.6 Å². The molecule has 1 heterocycles. The van der Waals surface area contributed by atoms with Crippen molar-refractivity contribution in [2.75, 3.05) is 31.9 Å². The summed E-state index contributed by atoms with van der Waals surface area (Å²) in [5.41, 5.74) is 0. The maximum absolute atomic E-state index is 11.8. The van der Waals surface area contributed by atoms with E-state index in [-0.39, 0.29) is 5.79 Å². The normalized spacial score (nSPS) is 39.3. The van der Waals surface area contributed by atoms with Gasteiger partial charge in [0.2, 0.25) is 0 Å². The number of ether oxygens (including phenoxy) is 2. The largest absolute Gasteiger partial charge is 0.348 e. The smallest absolute Gasteiger partial charge is 0.169 e. The Bertz CT molecular complexity index is 314. The minimum absolute atomic E-state index is 0.232. The fourth-order valence-electron chi connectivity index (χ4n) is 4.07. The predicted molar refractivity (Wildman–Crippen MR) is 70.5 cm³/mol. The molecule has 2 saturated carbocycles. The Labute approximate surface area is 111 Å². The third-order valence-corrected chi connectivity index (χ3v) is 6.08. The molecule has 4 nitrogen and oxygen atoms in total. The van der Waals surface area contributed by atoms with E-state index in [1.165, 1.54) is 12.8 Å². The first-order valence-electron chi connectivity index (χ1n) is 6.98. The maximum atomic E-state index is 11.8. The Morgan fingerprint density at radius 2 is 1.83 bits per heavy atom. The second-order valence-electron chi connectivity index (χ2n) is 5.98. The fourth-order valence-corrected chi connectivity index (χ4v) is 5.31. The van der Waals surface area contributed by atoms with Crippen LogP contribution in [0.1, 0.15) is 25.7 Å². The molecule has 0 aromatic heterocycles. The molecule has 0 bridgehead atoms. The zero-order valence-corrected chi connectivity index (χ0v) is 11.8. The SMILES string of the molecule is CNCS(=O)CC1C[C@@H]2CC3(C[C@@H]2C1)OCCO3. The number of hydrogen-bond acceptors (Lipinski definition) is 4. The maximum Gasteiger partial charge on any atom is 0.169 e. The van der Waals surface area contributed by atoms with Crippen LogP contribution in [0.4, 0.5) is 0 Å². The summed E-state index contributed by atoms with van der Waals surface area (Å²) in [6.07, 6.45) is 4.56. The highest BCUT2D eigenvalue weighted by atomic mass is 32.2. The first kappa shape index (κ1) is 13.0. The quantitative estimate of drug-likeness (QED) is 0.833. The monoisotopic (exact) mass is 273 g/mol. The van der Waals surface area contributed by atoms with Gasteiger partial charge < -0.3 is 14.8 Å². The number of nitrogens with one attached hydrogen (secondary N) is 1. The summed E-state index contributed by atoms with van der Waals surface area (Å²) in [4.78, 5) is 0. The molecule has 3 aliphatic rings. The molecule has 104 valence electrons. The van der Waals surface area contributed by atoms with Gasteiger partial charge in [-0.15, -0.1) is 0 Å². The van der Waals surface area contributed by atoms with E-state index in [1.807, 2.05) is 7.05 Å². The van der Waals surface area contributed by atoms with Crippen molar-refractivity contribution in [1.82, 2.24) is 5.32 Å². The molecule has 2 unspecified atom stereocenters. The highest BCUT2D eigenvalue weighted by molar-refractivity contribution is 7.84. The van der Waals surface area contributed by atoms with E-state index in [1.54, 1.807) is 0 Å². The molecule has 4 atom stereocenters. The van der Waals surface area contributed by atoms with Crippen LogP contribution in [0.25, 0.3) is 0 Å². The lowest BCUT2D eigenvalue weighted by molar-refractivity contribution is -0.155. The van der Waals surface area contributed by atoms with Crippen molar-refractivity contribution in [3.05, 3.63) is 0 Å². The van der Waals surface area contributed by atoms with Crippen molar-refractivity contribution < 1.29 is 13.7 Å². The van der Waals surface area contributed by atoms with Crippen molar-refractivity contribution >= 4 is 10.8 Å². The van der Waals surface area contributed by atoms with Crippen LogP contribution >= 0.6 is 0 Å². The molecule has 5 heteroatoms. The summed E-state index contributed by atoms with van der Waals surface area (Å²) in [6, 6.07) is 0. The fraction of sp³-hybridized carbons (Fsp3) is 1.00. The molecule has 3 rings (SSSR count). The van der Waals surface area contributed by atoms with Crippen LogP contribution in [-0.4, -0.2) is 41.9 Å². The molecule has 1 spiro atoms. The highest BCUT2D eigenvalue weighted by Gasteiger charge is 2.52. The summed E-state index contributed by atoms with van der Waals surface area (Å²) in [5, 5.41) is 2.99. The third kappa shape index (κ3) is 2.50. The molecule has 0 aromatic rings. The predicted octanol–water partition coefficient (Wildman–Crippen LogP) is 1.09. The Hall–Kier alpha value is 0.0300. The van der Waals surface area contributed by atoms with Crippen LogP contribution in [-0.2, 0) is 20.3 Å². The van der Waals surface area contributed by atoms with Crippen LogP contribution in [0.2, 0.25) is 0 Å². The van der Waals surface area contributed by atoms with Crippen LogP contribution in [0, 0.1) is 17.8 Å². The number of rotatable bonds is 4. The minimum atomic E-state index is -0.702. The summed E-state index contributed by atoms with van der Waals surface area (Å²) in [7, 11) is 1.16. The average Bonchev–Trinajstić information content (AvgIpc) is 2.95. The molecule has 1 saturated heterocycles. The zero-order valence-electron chi connectivity index (χ0n) is 11.0. The van der Waals surface area contributed by atoms with Gasteiger partial charge >= 0.3 is 0 Å². The first-order chi connectivity index (χ1) is 8.71. The Kier molecular flexibility index (Phi) is 3.76. The van der Waals surface area contributed by atoms with Crippen molar-refractivity contribution in [3.8, 4) is 0 Å². The van der Waals surface area contributed by atoms with Gasteiger partial charge in [-0.2, -0.15) is 0 Å². The summed E-state index contributed by atoms with van der Waals surface area (Å²) in [6.45, 7) is 1.52. The molecular weight excluding hydrogens is 250 g/mol. The van der Waals surface area contributed by atoms with Gasteiger partial charge in [0.25, 0.3) is 0 Å². The van der Waals surface area contributed by atoms with E-state index in [9.17, 15) is 4.21 Å². The van der Waals surface area contributed by atoms with Gasteiger partial charge in [0.15, 0.2) is 5.79 Å². The second kappa shape index (κ2) is 5.19. The lowest BCUT2D eigenvalue weighted by Crippen LogP contribution is -2.27. The van der Waals surface area contributed by atoms with E-state index in [2.05, 4.69) is 5.32 Å². The van der Waals surface area contributed by atoms with Crippen LogP contribution < -0.4 is 5.32 Å². The van der Waals surface area contributed by atoms with Crippen LogP contribution in [0.3, 0.4) is 0 Å². The van der Waals surface area contributed by atoms with E-state index in [0.29, 0.717) is 11.8 Å². The third-order valence-electron chi connectivity index (χ3n) is 4.63. The standard InChI is InChI=1S/C13H23NO3S/c1-14-9-18(15)8-10-4-11-6-13(7-12(11)5-10)16-2-3-17-13/h10-12,14H,2-9H2,1H3/t10?,11-,12+,18?. The minimum Gasteiger partial charge on any atom is -0.348 e. The highest BCUT2D eigenvalue weighted by Crippen LogP contribution is 2.53. The van der Waals surface area contributed by atoms with Crippen molar-refractivity contribution in [2.45, 2.75) is 31.5 Å². The Balaban J connectivity index is 1.51. The molecule has 3 fully saturated rings. The molecule has 1 N–H and O–H groups in total.